The first kappa shape index (κ1) is 20.2. The number of carbonyl (C=O) groups excluding carboxylic acids is 1. The summed E-state index contributed by atoms with van der Waals surface area (Å²) in [6, 6.07) is 6.98. The average Bonchev–Trinajstić information content (AvgIpc) is 2.68. The van der Waals surface area contributed by atoms with Crippen LogP contribution in [0.3, 0.4) is 0 Å². The molecule has 1 aliphatic rings. The van der Waals surface area contributed by atoms with Crippen molar-refractivity contribution in [3.8, 4) is 11.5 Å². The summed E-state index contributed by atoms with van der Waals surface area (Å²) in [6.07, 6.45) is -0.957. The molecule has 1 aliphatic heterocycles. The van der Waals surface area contributed by atoms with E-state index in [9.17, 15) is 13.2 Å². The lowest BCUT2D eigenvalue weighted by Gasteiger charge is -2.25. The van der Waals surface area contributed by atoms with Gasteiger partial charge in [-0.15, -0.1) is 4.83 Å². The molecule has 1 amide bonds. The van der Waals surface area contributed by atoms with Crippen LogP contribution in [-0.2, 0) is 14.8 Å². The molecule has 0 aliphatic carbocycles. The van der Waals surface area contributed by atoms with E-state index < -0.39 is 22.0 Å². The van der Waals surface area contributed by atoms with Gasteiger partial charge in [0.05, 0.1) is 4.90 Å². The summed E-state index contributed by atoms with van der Waals surface area (Å²) in [5.74, 6) is 0.353. The van der Waals surface area contributed by atoms with Crippen LogP contribution in [0.25, 0.3) is 0 Å². The Balaban J connectivity index is 1.77. The lowest BCUT2D eigenvalue weighted by Crippen LogP contribution is -2.50. The summed E-state index contributed by atoms with van der Waals surface area (Å²) >= 11 is 0. The quantitative estimate of drug-likeness (QED) is 0.763. The van der Waals surface area contributed by atoms with E-state index in [0.29, 0.717) is 22.6 Å². The second-order valence-corrected chi connectivity index (χ2v) is 8.53. The fourth-order valence-corrected chi connectivity index (χ4v) is 4.72. The van der Waals surface area contributed by atoms with E-state index in [2.05, 4.69) is 10.3 Å². The van der Waals surface area contributed by atoms with E-state index in [4.69, 9.17) is 9.47 Å². The minimum Gasteiger partial charge on any atom is -0.485 e. The van der Waals surface area contributed by atoms with Crippen molar-refractivity contribution in [1.82, 2.24) is 10.3 Å². The van der Waals surface area contributed by atoms with Gasteiger partial charge in [-0.25, -0.2) is 8.42 Å². The number of sulfonamides is 1. The second-order valence-electron chi connectivity index (χ2n) is 6.91. The number of para-hydroxylation sites is 2. The van der Waals surface area contributed by atoms with E-state index in [1.807, 2.05) is 20.8 Å². The Labute approximate surface area is 165 Å². The maximum atomic E-state index is 12.9. The number of carbonyl (C=O) groups is 1. The fraction of sp³-hybridized carbons (Fsp3) is 0.350. The van der Waals surface area contributed by atoms with E-state index in [0.717, 1.165) is 16.7 Å². The summed E-state index contributed by atoms with van der Waals surface area (Å²) in [4.78, 5) is 14.8. The Kier molecular flexibility index (Phi) is 5.36. The molecule has 150 valence electrons. The highest BCUT2D eigenvalue weighted by Crippen LogP contribution is 2.31. The van der Waals surface area contributed by atoms with Crippen molar-refractivity contribution in [2.75, 3.05) is 6.61 Å². The summed E-state index contributed by atoms with van der Waals surface area (Å²) in [6.45, 7) is 9.26. The minimum atomic E-state index is -3.96. The lowest BCUT2D eigenvalue weighted by molar-refractivity contribution is -0.130. The van der Waals surface area contributed by atoms with Crippen molar-refractivity contribution in [2.45, 2.75) is 45.6 Å². The molecular weight excluding hydrogens is 380 g/mol. The Morgan fingerprint density at radius 3 is 2.07 bits per heavy atom. The first-order valence-corrected chi connectivity index (χ1v) is 10.4. The predicted molar refractivity (Wildman–Crippen MR) is 105 cm³/mol. The Morgan fingerprint density at radius 2 is 1.46 bits per heavy atom. The first-order valence-electron chi connectivity index (χ1n) is 8.90. The highest BCUT2D eigenvalue weighted by Gasteiger charge is 2.29. The van der Waals surface area contributed by atoms with Crippen molar-refractivity contribution in [3.63, 3.8) is 0 Å². The van der Waals surface area contributed by atoms with E-state index in [1.165, 1.54) is 0 Å². The first-order chi connectivity index (χ1) is 13.1. The molecule has 0 saturated heterocycles. The standard InChI is InChI=1S/C20H24N2O5S/c1-11-12(2)14(4)19(15(5)13(11)3)28(24,25)22-21-20(23)18-10-26-16-8-6-7-9-17(16)27-18/h6-9,18,22H,10H2,1-5H3,(H,21,23). The number of amides is 1. The molecule has 0 spiro atoms. The highest BCUT2D eigenvalue weighted by atomic mass is 32.2. The van der Waals surface area contributed by atoms with Crippen LogP contribution in [0.1, 0.15) is 27.8 Å². The topological polar surface area (TPSA) is 93.7 Å². The van der Waals surface area contributed by atoms with Crippen LogP contribution in [0.2, 0.25) is 0 Å². The van der Waals surface area contributed by atoms with Gasteiger partial charge >= 0.3 is 0 Å². The number of rotatable bonds is 4. The van der Waals surface area contributed by atoms with Gasteiger partial charge in [0.15, 0.2) is 11.5 Å². The minimum absolute atomic E-state index is 0.00855. The van der Waals surface area contributed by atoms with Gasteiger partial charge in [0.25, 0.3) is 15.9 Å². The fourth-order valence-electron chi connectivity index (χ4n) is 3.27. The number of hydrazine groups is 1. The van der Waals surface area contributed by atoms with E-state index in [-0.39, 0.29) is 11.5 Å². The van der Waals surface area contributed by atoms with Crippen LogP contribution >= 0.6 is 0 Å². The molecule has 0 bridgehead atoms. The molecule has 1 heterocycles. The van der Waals surface area contributed by atoms with Gasteiger partial charge in [0, 0.05) is 0 Å². The summed E-state index contributed by atoms with van der Waals surface area (Å²) in [5.41, 5.74) is 6.45. The number of hydrogen-bond acceptors (Lipinski definition) is 5. The third kappa shape index (κ3) is 3.57. The largest absolute Gasteiger partial charge is 0.485 e. The predicted octanol–water partition coefficient (Wildman–Crippen LogP) is 2.38. The number of nitrogens with one attached hydrogen (secondary N) is 2. The molecule has 28 heavy (non-hydrogen) atoms. The number of benzene rings is 2. The summed E-state index contributed by atoms with van der Waals surface area (Å²) < 4.78 is 36.8. The van der Waals surface area contributed by atoms with Crippen LogP contribution in [0, 0.1) is 34.6 Å². The molecule has 7 nitrogen and oxygen atoms in total. The zero-order chi connectivity index (χ0) is 20.6. The summed E-state index contributed by atoms with van der Waals surface area (Å²) in [7, 11) is -3.96. The van der Waals surface area contributed by atoms with E-state index in [1.54, 1.807) is 38.1 Å². The van der Waals surface area contributed by atoms with Gasteiger partial charge in [-0.05, 0) is 74.6 Å². The zero-order valence-corrected chi connectivity index (χ0v) is 17.4. The third-order valence-corrected chi connectivity index (χ3v) is 6.83. The van der Waals surface area contributed by atoms with Gasteiger partial charge in [-0.2, -0.15) is 0 Å². The normalized spacial score (nSPS) is 16.0. The Bertz CT molecular complexity index is 1020. The SMILES string of the molecule is Cc1c(C)c(C)c(S(=O)(=O)NNC(=O)C2COc3ccccc3O2)c(C)c1C. The molecule has 2 aromatic rings. The average molecular weight is 404 g/mol. The van der Waals surface area contributed by atoms with Crippen LogP contribution in [0.4, 0.5) is 0 Å². The lowest BCUT2D eigenvalue weighted by atomic mass is 9.95. The molecule has 1 atom stereocenters. The van der Waals surface area contributed by atoms with Gasteiger partial charge in [-0.1, -0.05) is 12.1 Å². The molecule has 0 saturated carbocycles. The Hall–Kier alpha value is -2.58. The van der Waals surface area contributed by atoms with Gasteiger partial charge in [-0.3, -0.25) is 10.2 Å². The molecule has 3 rings (SSSR count). The smallest absolute Gasteiger partial charge is 0.279 e. The van der Waals surface area contributed by atoms with Crippen LogP contribution in [-0.4, -0.2) is 27.0 Å². The molecule has 0 aromatic heterocycles. The molecule has 0 fully saturated rings. The number of fused-ring (bicyclic) bond motifs is 1. The van der Waals surface area contributed by atoms with Gasteiger partial charge in [0.1, 0.15) is 6.61 Å². The zero-order valence-electron chi connectivity index (χ0n) is 16.5. The van der Waals surface area contributed by atoms with Crippen molar-refractivity contribution in [3.05, 3.63) is 52.1 Å². The molecular formula is C20H24N2O5S. The van der Waals surface area contributed by atoms with Crippen LogP contribution in [0.5, 0.6) is 11.5 Å². The van der Waals surface area contributed by atoms with Crippen LogP contribution in [0.15, 0.2) is 29.2 Å². The van der Waals surface area contributed by atoms with Crippen molar-refractivity contribution < 1.29 is 22.7 Å². The van der Waals surface area contributed by atoms with E-state index >= 15 is 0 Å². The number of ether oxygens (including phenoxy) is 2. The molecule has 2 N–H and O–H groups in total. The van der Waals surface area contributed by atoms with Crippen molar-refractivity contribution in [2.24, 2.45) is 0 Å². The second kappa shape index (κ2) is 7.44. The van der Waals surface area contributed by atoms with Gasteiger partial charge < -0.3 is 9.47 Å². The van der Waals surface area contributed by atoms with Crippen LogP contribution < -0.4 is 19.7 Å². The highest BCUT2D eigenvalue weighted by molar-refractivity contribution is 7.89. The molecule has 0 radical (unpaired) electrons. The maximum absolute atomic E-state index is 12.9. The van der Waals surface area contributed by atoms with Gasteiger partial charge in [0.2, 0.25) is 6.10 Å². The number of hydrogen-bond donors (Lipinski definition) is 2. The third-order valence-electron chi connectivity index (χ3n) is 5.31. The molecule has 1 unspecified atom stereocenters. The van der Waals surface area contributed by atoms with Crippen molar-refractivity contribution >= 4 is 15.9 Å². The monoisotopic (exact) mass is 404 g/mol. The van der Waals surface area contributed by atoms with Crippen molar-refractivity contribution in [1.29, 1.82) is 0 Å². The molecule has 2 aromatic carbocycles. The Morgan fingerprint density at radius 1 is 0.929 bits per heavy atom. The summed E-state index contributed by atoms with van der Waals surface area (Å²) in [5, 5.41) is 0. The maximum Gasteiger partial charge on any atom is 0.279 e. The molecule has 8 heteroatoms.